The van der Waals surface area contributed by atoms with Crippen LogP contribution in [0.5, 0.6) is 0 Å². The van der Waals surface area contributed by atoms with E-state index >= 15 is 0 Å². The molecule has 2 rings (SSSR count). The minimum atomic E-state index is -1.47. The van der Waals surface area contributed by atoms with Gasteiger partial charge in [0.2, 0.25) is 0 Å². The summed E-state index contributed by atoms with van der Waals surface area (Å²) < 4.78 is 0. The minimum absolute atomic E-state index is 0.231. The van der Waals surface area contributed by atoms with Crippen LogP contribution in [-0.4, -0.2) is 20.0 Å². The van der Waals surface area contributed by atoms with Crippen molar-refractivity contribution in [3.63, 3.8) is 0 Å². The summed E-state index contributed by atoms with van der Waals surface area (Å²) in [5.74, 6) is 0. The van der Waals surface area contributed by atoms with Crippen molar-refractivity contribution in [2.45, 2.75) is 92.4 Å². The zero-order valence-corrected chi connectivity index (χ0v) is 22.4. The van der Waals surface area contributed by atoms with Crippen LogP contribution in [0.1, 0.15) is 98.3 Å². The summed E-state index contributed by atoms with van der Waals surface area (Å²) in [5, 5.41) is 1.62. The molecule has 1 aliphatic rings. The molecule has 0 fully saturated rings. The molecule has 0 saturated carbocycles. The van der Waals surface area contributed by atoms with Gasteiger partial charge in [0.1, 0.15) is 0 Å². The number of allylic oxidation sites excluding steroid dienone is 4. The third-order valence-electron chi connectivity index (χ3n) is 7.10. The van der Waals surface area contributed by atoms with Crippen LogP contribution in [0.25, 0.3) is 5.57 Å². The molecule has 0 radical (unpaired) electrons. The Morgan fingerprint density at radius 1 is 0.931 bits per heavy atom. The van der Waals surface area contributed by atoms with E-state index < -0.39 is 7.26 Å². The number of benzene rings is 1. The van der Waals surface area contributed by atoms with Gasteiger partial charge in [0, 0.05) is 0 Å². The van der Waals surface area contributed by atoms with Gasteiger partial charge in [-0.2, -0.15) is 0 Å². The fraction of sp³-hybridized carbons (Fsp3) is 0.643. The van der Waals surface area contributed by atoms with Crippen molar-refractivity contribution in [3.8, 4) is 0 Å². The third-order valence-corrected chi connectivity index (χ3v) is 9.13. The van der Waals surface area contributed by atoms with Crippen molar-refractivity contribution < 1.29 is 0 Å². The Labute approximate surface area is 182 Å². The maximum absolute atomic E-state index is 2.61. The summed E-state index contributed by atoms with van der Waals surface area (Å²) in [7, 11) is -1.47. The quantitative estimate of drug-likeness (QED) is 0.345. The van der Waals surface area contributed by atoms with Crippen LogP contribution < -0.4 is 5.30 Å². The Hall–Kier alpha value is -0.870. The Morgan fingerprint density at radius 3 is 1.83 bits per heavy atom. The molecule has 0 aromatic heterocycles. The van der Waals surface area contributed by atoms with E-state index in [1.54, 1.807) is 16.4 Å². The molecule has 0 unspecified atom stereocenters. The molecular weight excluding hydrogens is 367 g/mol. The van der Waals surface area contributed by atoms with Crippen molar-refractivity contribution in [3.05, 3.63) is 46.5 Å². The molecule has 0 bridgehead atoms. The summed E-state index contributed by atoms with van der Waals surface area (Å²) in [6.45, 7) is 28.8. The molecule has 0 saturated heterocycles. The Morgan fingerprint density at radius 2 is 1.41 bits per heavy atom. The molecule has 0 spiro atoms. The molecule has 1 aromatic rings. The Bertz CT molecular complexity index is 817. The average Bonchev–Trinajstić information content (AvgIpc) is 2.56. The van der Waals surface area contributed by atoms with Crippen molar-refractivity contribution in [2.75, 3.05) is 20.0 Å². The van der Waals surface area contributed by atoms with Gasteiger partial charge in [-0.05, 0) is 0 Å². The molecule has 0 atom stereocenters. The van der Waals surface area contributed by atoms with Crippen molar-refractivity contribution >= 4 is 18.1 Å². The zero-order chi connectivity index (χ0) is 22.4. The molecule has 1 aliphatic carbocycles. The van der Waals surface area contributed by atoms with Gasteiger partial charge in [0.25, 0.3) is 0 Å². The summed E-state index contributed by atoms with van der Waals surface area (Å²) >= 11 is 0. The van der Waals surface area contributed by atoms with Crippen LogP contribution in [0.2, 0.25) is 0 Å². The van der Waals surface area contributed by atoms with Gasteiger partial charge >= 0.3 is 183 Å². The van der Waals surface area contributed by atoms with E-state index in [4.69, 9.17) is 0 Å². The standard InChI is InChI=1S/C28H47P/c1-13-21(26(3,4)5)15-14-20(2)22-18-23-24(19-25(22)29(10,11)12)28(8,9)17-16-27(23,6)7/h14-15,18-19,29H,13,16-17H2,1-12H3/b20-14+,21-15+. The van der Waals surface area contributed by atoms with Gasteiger partial charge in [-0.1, -0.05) is 0 Å². The van der Waals surface area contributed by atoms with Crippen LogP contribution in [0, 0.1) is 5.41 Å². The number of rotatable bonds is 4. The van der Waals surface area contributed by atoms with Gasteiger partial charge in [-0.25, -0.2) is 0 Å². The second kappa shape index (κ2) is 8.00. The number of hydrogen-bond donors (Lipinski definition) is 0. The fourth-order valence-corrected chi connectivity index (χ4v) is 6.43. The van der Waals surface area contributed by atoms with Crippen LogP contribution in [0.4, 0.5) is 0 Å². The van der Waals surface area contributed by atoms with Crippen molar-refractivity contribution in [1.29, 1.82) is 0 Å². The second-order valence-electron chi connectivity index (χ2n) is 12.6. The normalized spacial score (nSPS) is 20.4. The molecule has 29 heavy (non-hydrogen) atoms. The van der Waals surface area contributed by atoms with Gasteiger partial charge in [0.05, 0.1) is 0 Å². The summed E-state index contributed by atoms with van der Waals surface area (Å²) in [4.78, 5) is 0. The summed E-state index contributed by atoms with van der Waals surface area (Å²) in [5.41, 5.74) is 8.37. The second-order valence-corrected chi connectivity index (χ2v) is 17.6. The molecule has 0 nitrogen and oxygen atoms in total. The maximum atomic E-state index is 2.61. The van der Waals surface area contributed by atoms with Gasteiger partial charge < -0.3 is 0 Å². The number of hydrogen-bond acceptors (Lipinski definition) is 0. The Kier molecular flexibility index (Phi) is 6.73. The summed E-state index contributed by atoms with van der Waals surface area (Å²) in [6.07, 6.45) is 8.43. The molecule has 1 aromatic carbocycles. The first kappa shape index (κ1) is 24.4. The van der Waals surface area contributed by atoms with E-state index in [1.165, 1.54) is 29.6 Å². The van der Waals surface area contributed by atoms with Crippen LogP contribution in [0.3, 0.4) is 0 Å². The van der Waals surface area contributed by atoms with Gasteiger partial charge in [-0.15, -0.1) is 0 Å². The molecule has 0 heterocycles. The molecule has 1 heteroatoms. The first-order valence-corrected chi connectivity index (χ1v) is 15.1. The fourth-order valence-electron chi connectivity index (χ4n) is 4.77. The SMILES string of the molecule is CC/C(=C\C=C(/C)c1cc2c(cc1[PH](C)(C)C)C(C)(C)CCC2(C)C)C(C)(C)C. The van der Waals surface area contributed by atoms with E-state index in [-0.39, 0.29) is 16.2 Å². The number of fused-ring (bicyclic) bond motifs is 1. The zero-order valence-electron chi connectivity index (χ0n) is 21.4. The van der Waals surface area contributed by atoms with Crippen molar-refractivity contribution in [2.24, 2.45) is 5.41 Å². The van der Waals surface area contributed by atoms with E-state index in [9.17, 15) is 0 Å². The predicted octanol–water partition coefficient (Wildman–Crippen LogP) is 8.09. The first-order chi connectivity index (χ1) is 13.0. The Balaban J connectivity index is 2.74. The van der Waals surface area contributed by atoms with Gasteiger partial charge in [-0.3, -0.25) is 0 Å². The topological polar surface area (TPSA) is 0 Å². The monoisotopic (exact) mass is 414 g/mol. The first-order valence-electron chi connectivity index (χ1n) is 11.6. The predicted molar refractivity (Wildman–Crippen MR) is 139 cm³/mol. The van der Waals surface area contributed by atoms with E-state index in [0.29, 0.717) is 0 Å². The van der Waals surface area contributed by atoms with Crippen molar-refractivity contribution in [1.82, 2.24) is 0 Å². The van der Waals surface area contributed by atoms with E-state index in [1.807, 2.05) is 0 Å². The molecule has 0 aliphatic heterocycles. The van der Waals surface area contributed by atoms with E-state index in [2.05, 4.69) is 107 Å². The third kappa shape index (κ3) is 5.25. The van der Waals surface area contributed by atoms with E-state index in [0.717, 1.165) is 6.42 Å². The molecule has 0 amide bonds. The molecule has 164 valence electrons. The van der Waals surface area contributed by atoms with Crippen LogP contribution >= 0.6 is 7.26 Å². The molecular formula is C28H47P. The van der Waals surface area contributed by atoms with Crippen LogP contribution in [-0.2, 0) is 10.8 Å². The van der Waals surface area contributed by atoms with Gasteiger partial charge in [0.15, 0.2) is 0 Å². The summed E-state index contributed by atoms with van der Waals surface area (Å²) in [6, 6.07) is 5.19. The average molecular weight is 415 g/mol. The molecule has 0 N–H and O–H groups in total. The van der Waals surface area contributed by atoms with Crippen LogP contribution in [0.15, 0.2) is 29.9 Å².